The number of anilines is 3. The Balaban J connectivity index is 1.83. The molecule has 0 radical (unpaired) electrons. The number of aliphatic hydroxyl groups is 1. The smallest absolute Gasteiger partial charge is 0.335 e. The lowest BCUT2D eigenvalue weighted by atomic mass is 10.0. The summed E-state index contributed by atoms with van der Waals surface area (Å²) in [5.74, 6) is -2.55. The van der Waals surface area contributed by atoms with Crippen molar-refractivity contribution < 1.29 is 27.8 Å². The first kappa shape index (κ1) is 20.2. The van der Waals surface area contributed by atoms with Gasteiger partial charge in [-0.25, -0.2) is 22.9 Å². The van der Waals surface area contributed by atoms with Crippen molar-refractivity contribution in [3.63, 3.8) is 0 Å². The molecule has 0 spiro atoms. The van der Waals surface area contributed by atoms with E-state index < -0.39 is 29.5 Å². The van der Waals surface area contributed by atoms with E-state index >= 15 is 0 Å². The summed E-state index contributed by atoms with van der Waals surface area (Å²) >= 11 is 0. The zero-order valence-corrected chi connectivity index (χ0v) is 16.2. The van der Waals surface area contributed by atoms with Crippen LogP contribution in [0, 0.1) is 17.5 Å². The normalized spacial score (nSPS) is 18.3. The fraction of sp³-hybridized carbons (Fsp3) is 0.333. The van der Waals surface area contributed by atoms with Crippen molar-refractivity contribution in [1.82, 2.24) is 4.98 Å². The first-order valence-electron chi connectivity index (χ1n) is 9.61. The van der Waals surface area contributed by atoms with Crippen LogP contribution in [0.4, 0.5) is 30.5 Å². The third-order valence-electron chi connectivity index (χ3n) is 5.08. The highest BCUT2D eigenvalue weighted by atomic mass is 19.1. The minimum absolute atomic E-state index is 0.000867. The van der Waals surface area contributed by atoms with Gasteiger partial charge in [0.1, 0.15) is 17.5 Å². The Labute approximate surface area is 171 Å². The molecule has 9 heteroatoms. The predicted molar refractivity (Wildman–Crippen MR) is 105 cm³/mol. The van der Waals surface area contributed by atoms with Crippen LogP contribution < -0.4 is 9.80 Å². The van der Waals surface area contributed by atoms with E-state index in [2.05, 4.69) is 4.98 Å². The molecule has 3 heterocycles. The molecule has 1 atom stereocenters. The second-order valence-electron chi connectivity index (χ2n) is 7.17. The number of aliphatic hydroxyl groups excluding tert-OH is 1. The molecule has 1 aromatic heterocycles. The van der Waals surface area contributed by atoms with Crippen LogP contribution in [0.3, 0.4) is 0 Å². The summed E-state index contributed by atoms with van der Waals surface area (Å²) in [7, 11) is 0. The summed E-state index contributed by atoms with van der Waals surface area (Å²) < 4.78 is 47.9. The number of fused-ring (bicyclic) bond motifs is 1. The van der Waals surface area contributed by atoms with Crippen molar-refractivity contribution in [3.8, 4) is 0 Å². The van der Waals surface area contributed by atoms with Crippen molar-refractivity contribution >= 4 is 29.4 Å². The Bertz CT molecular complexity index is 1030. The topological polar surface area (TPSA) is 65.9 Å². The molecule has 2 aromatic rings. The average molecular weight is 419 g/mol. The summed E-state index contributed by atoms with van der Waals surface area (Å²) in [6.45, 7) is 2.40. The second-order valence-corrected chi connectivity index (χ2v) is 7.17. The molecular formula is C21H20F3N3O3. The molecule has 2 aliphatic rings. The number of esters is 1. The number of ether oxygens (including phenoxy) is 1. The van der Waals surface area contributed by atoms with Crippen LogP contribution in [0.25, 0.3) is 6.08 Å². The lowest BCUT2D eigenvalue weighted by Gasteiger charge is -2.31. The zero-order valence-electron chi connectivity index (χ0n) is 16.2. The van der Waals surface area contributed by atoms with Gasteiger partial charge in [-0.1, -0.05) is 0 Å². The number of hydrogen-bond donors (Lipinski definition) is 1. The molecule has 1 fully saturated rings. The van der Waals surface area contributed by atoms with Gasteiger partial charge < -0.3 is 19.6 Å². The summed E-state index contributed by atoms with van der Waals surface area (Å²) in [5.41, 5.74) is 0.465. The van der Waals surface area contributed by atoms with Crippen molar-refractivity contribution in [3.05, 3.63) is 52.9 Å². The molecular weight excluding hydrogens is 399 g/mol. The number of nitrogens with zero attached hydrogens (tertiary/aromatic N) is 3. The third kappa shape index (κ3) is 3.72. The summed E-state index contributed by atoms with van der Waals surface area (Å²) in [4.78, 5) is 19.7. The Kier molecular flexibility index (Phi) is 5.38. The van der Waals surface area contributed by atoms with Crippen LogP contribution >= 0.6 is 0 Å². The standard InChI is InChI=1S/C21H20F3N3O3/c1-2-30-21(29)13-7-12-8-17(24)20(26-6-5-15(28)11-26)25-19(12)27(10-13)18-4-3-14(22)9-16(18)23/h3-4,7-9,15,28H,2,5-6,10-11H2,1H3. The number of hydrogen-bond acceptors (Lipinski definition) is 6. The minimum Gasteiger partial charge on any atom is -0.463 e. The number of benzene rings is 1. The zero-order chi connectivity index (χ0) is 21.4. The fourth-order valence-electron chi connectivity index (χ4n) is 3.69. The fourth-order valence-corrected chi connectivity index (χ4v) is 3.69. The lowest BCUT2D eigenvalue weighted by Crippen LogP contribution is -2.31. The van der Waals surface area contributed by atoms with Crippen LogP contribution in [-0.4, -0.2) is 48.4 Å². The van der Waals surface area contributed by atoms with Gasteiger partial charge in [0.05, 0.1) is 30.5 Å². The van der Waals surface area contributed by atoms with E-state index in [1.807, 2.05) is 0 Å². The van der Waals surface area contributed by atoms with Crippen LogP contribution in [0.5, 0.6) is 0 Å². The maximum Gasteiger partial charge on any atom is 0.335 e. The molecule has 1 aromatic carbocycles. The van der Waals surface area contributed by atoms with Gasteiger partial charge in [0.25, 0.3) is 0 Å². The van der Waals surface area contributed by atoms with E-state index in [1.165, 1.54) is 23.1 Å². The SMILES string of the molecule is CCOC(=O)C1=Cc2cc(F)c(N3CCC(O)C3)nc2N(c2ccc(F)cc2F)C1. The molecule has 6 nitrogen and oxygen atoms in total. The monoisotopic (exact) mass is 419 g/mol. The average Bonchev–Trinajstić information content (AvgIpc) is 3.13. The molecule has 0 saturated carbocycles. The number of rotatable bonds is 4. The molecule has 0 amide bonds. The largest absolute Gasteiger partial charge is 0.463 e. The van der Waals surface area contributed by atoms with Gasteiger partial charge >= 0.3 is 5.97 Å². The van der Waals surface area contributed by atoms with Gasteiger partial charge in [0.15, 0.2) is 11.6 Å². The summed E-state index contributed by atoms with van der Waals surface area (Å²) in [6.07, 6.45) is 1.37. The Morgan fingerprint density at radius 2 is 2.03 bits per heavy atom. The van der Waals surface area contributed by atoms with Crippen LogP contribution in [0.1, 0.15) is 18.9 Å². The Hall–Kier alpha value is -3.07. The molecule has 1 N–H and O–H groups in total. The Morgan fingerprint density at radius 1 is 1.23 bits per heavy atom. The van der Waals surface area contributed by atoms with E-state index in [4.69, 9.17) is 4.74 Å². The number of pyridine rings is 1. The number of aromatic nitrogens is 1. The van der Waals surface area contributed by atoms with Gasteiger partial charge in [-0.05, 0) is 37.6 Å². The molecule has 4 rings (SSSR count). The van der Waals surface area contributed by atoms with Gasteiger partial charge in [-0.2, -0.15) is 0 Å². The van der Waals surface area contributed by atoms with Gasteiger partial charge in [-0.15, -0.1) is 0 Å². The maximum absolute atomic E-state index is 14.8. The molecule has 158 valence electrons. The molecule has 1 saturated heterocycles. The second kappa shape index (κ2) is 7.98. The molecule has 0 bridgehead atoms. The van der Waals surface area contributed by atoms with Gasteiger partial charge in [0.2, 0.25) is 0 Å². The lowest BCUT2D eigenvalue weighted by molar-refractivity contribution is -0.138. The number of β-amino-alcohol motifs (C(OH)–C–C–N with tert-alkyl or cyclic N) is 1. The molecule has 1 unspecified atom stereocenters. The van der Waals surface area contributed by atoms with E-state index in [-0.39, 0.29) is 48.2 Å². The highest BCUT2D eigenvalue weighted by molar-refractivity contribution is 5.98. The predicted octanol–water partition coefficient (Wildman–Crippen LogP) is 3.17. The summed E-state index contributed by atoms with van der Waals surface area (Å²) in [6, 6.07) is 4.29. The maximum atomic E-state index is 14.8. The Morgan fingerprint density at radius 3 is 2.70 bits per heavy atom. The van der Waals surface area contributed by atoms with Gasteiger partial charge in [-0.3, -0.25) is 0 Å². The van der Waals surface area contributed by atoms with Crippen molar-refractivity contribution in [2.45, 2.75) is 19.4 Å². The number of halogens is 3. The van der Waals surface area contributed by atoms with E-state index in [0.717, 1.165) is 12.1 Å². The number of carbonyl (C=O) groups excluding carboxylic acids is 1. The minimum atomic E-state index is -0.838. The van der Waals surface area contributed by atoms with E-state index in [1.54, 1.807) is 11.8 Å². The van der Waals surface area contributed by atoms with Crippen molar-refractivity contribution in [2.24, 2.45) is 0 Å². The van der Waals surface area contributed by atoms with E-state index in [9.17, 15) is 23.1 Å². The highest BCUT2D eigenvalue weighted by Crippen LogP contribution is 2.38. The van der Waals surface area contributed by atoms with Crippen LogP contribution in [-0.2, 0) is 9.53 Å². The first-order chi connectivity index (χ1) is 14.4. The quantitative estimate of drug-likeness (QED) is 0.768. The highest BCUT2D eigenvalue weighted by Gasteiger charge is 2.31. The van der Waals surface area contributed by atoms with Crippen molar-refractivity contribution in [1.29, 1.82) is 0 Å². The van der Waals surface area contributed by atoms with Crippen LogP contribution in [0.2, 0.25) is 0 Å². The third-order valence-corrected chi connectivity index (χ3v) is 5.08. The van der Waals surface area contributed by atoms with E-state index in [0.29, 0.717) is 13.0 Å². The van der Waals surface area contributed by atoms with Crippen molar-refractivity contribution in [2.75, 3.05) is 36.0 Å². The molecule has 0 aliphatic carbocycles. The number of carbonyl (C=O) groups is 1. The van der Waals surface area contributed by atoms with Crippen LogP contribution in [0.15, 0.2) is 29.8 Å². The van der Waals surface area contributed by atoms with Gasteiger partial charge in [0, 0.05) is 24.7 Å². The first-order valence-corrected chi connectivity index (χ1v) is 9.61. The molecule has 30 heavy (non-hydrogen) atoms. The molecule has 2 aliphatic heterocycles. The summed E-state index contributed by atoms with van der Waals surface area (Å²) in [5, 5.41) is 9.78.